The molecule has 15 heavy (non-hydrogen) atoms. The number of hydrogen-bond donors (Lipinski definition) is 1. The largest absolute Gasteiger partial charge is 0.390 e. The summed E-state index contributed by atoms with van der Waals surface area (Å²) in [5.41, 5.74) is -0.663. The third-order valence-electron chi connectivity index (χ3n) is 2.96. The Labute approximate surface area is 92.1 Å². The Morgan fingerprint density at radius 1 is 1.53 bits per heavy atom. The Bertz CT molecular complexity index is 223. The van der Waals surface area contributed by atoms with E-state index >= 15 is 0 Å². The Morgan fingerprint density at radius 3 is 2.80 bits per heavy atom. The molecule has 3 heteroatoms. The molecule has 1 aliphatic heterocycles. The molecule has 0 spiro atoms. The molecule has 2 atom stereocenters. The molecular formula is C12H22O3. The Kier molecular flexibility index (Phi) is 4.32. The fraction of sp³-hybridized carbons (Fsp3) is 0.833. The molecule has 0 amide bonds. The van der Waals surface area contributed by atoms with Crippen LogP contribution in [0.3, 0.4) is 0 Å². The number of allylic oxidation sites excluding steroid dienone is 2. The molecular weight excluding hydrogens is 192 g/mol. The molecule has 1 rings (SSSR count). The van der Waals surface area contributed by atoms with Crippen LogP contribution in [0.15, 0.2) is 12.2 Å². The van der Waals surface area contributed by atoms with Crippen LogP contribution in [0.1, 0.15) is 39.5 Å². The highest BCUT2D eigenvalue weighted by Gasteiger charge is 2.42. The zero-order chi connectivity index (χ0) is 11.4. The van der Waals surface area contributed by atoms with Crippen molar-refractivity contribution in [3.05, 3.63) is 12.2 Å². The van der Waals surface area contributed by atoms with Gasteiger partial charge in [-0.1, -0.05) is 12.2 Å². The second-order valence-electron chi connectivity index (χ2n) is 4.49. The summed E-state index contributed by atoms with van der Waals surface area (Å²) in [7, 11) is 1.65. The van der Waals surface area contributed by atoms with Gasteiger partial charge in [-0.05, 0) is 26.7 Å². The molecule has 0 aromatic rings. The van der Waals surface area contributed by atoms with Crippen molar-refractivity contribution < 1.29 is 14.6 Å². The highest BCUT2D eigenvalue weighted by molar-refractivity contribution is 4.89. The van der Waals surface area contributed by atoms with Crippen molar-refractivity contribution in [3.63, 3.8) is 0 Å². The zero-order valence-corrected chi connectivity index (χ0v) is 9.95. The number of hydrogen-bond acceptors (Lipinski definition) is 3. The maximum absolute atomic E-state index is 10.0. The molecule has 0 aromatic heterocycles. The fourth-order valence-electron chi connectivity index (χ4n) is 2.04. The van der Waals surface area contributed by atoms with Gasteiger partial charge in [0.2, 0.25) is 0 Å². The van der Waals surface area contributed by atoms with Crippen molar-refractivity contribution in [2.24, 2.45) is 0 Å². The van der Waals surface area contributed by atoms with Crippen LogP contribution in [-0.2, 0) is 9.47 Å². The third-order valence-corrected chi connectivity index (χ3v) is 2.96. The first kappa shape index (κ1) is 12.7. The smallest absolute Gasteiger partial charge is 0.170 e. The third kappa shape index (κ3) is 3.59. The van der Waals surface area contributed by atoms with Crippen LogP contribution in [0.25, 0.3) is 0 Å². The minimum absolute atomic E-state index is 0.550. The van der Waals surface area contributed by atoms with Gasteiger partial charge in [-0.2, -0.15) is 0 Å². The Hall–Kier alpha value is -0.380. The van der Waals surface area contributed by atoms with E-state index in [9.17, 15) is 5.11 Å². The van der Waals surface area contributed by atoms with Gasteiger partial charge in [0.1, 0.15) is 0 Å². The molecule has 88 valence electrons. The molecule has 0 bridgehead atoms. The number of aliphatic hydroxyl groups is 1. The molecule has 0 aliphatic carbocycles. The summed E-state index contributed by atoms with van der Waals surface area (Å²) in [6.45, 7) is 4.41. The minimum Gasteiger partial charge on any atom is -0.390 e. The Balaban J connectivity index is 2.58. The summed E-state index contributed by atoms with van der Waals surface area (Å²) in [5.74, 6) is -0.596. The van der Waals surface area contributed by atoms with Gasteiger partial charge in [-0.25, -0.2) is 0 Å². The van der Waals surface area contributed by atoms with Gasteiger partial charge in [0.15, 0.2) is 5.79 Å². The van der Waals surface area contributed by atoms with E-state index < -0.39 is 11.4 Å². The average molecular weight is 214 g/mol. The maximum Gasteiger partial charge on any atom is 0.170 e. The first-order valence-corrected chi connectivity index (χ1v) is 5.56. The van der Waals surface area contributed by atoms with E-state index in [-0.39, 0.29) is 0 Å². The van der Waals surface area contributed by atoms with E-state index in [0.29, 0.717) is 19.4 Å². The highest BCUT2D eigenvalue weighted by atomic mass is 16.7. The topological polar surface area (TPSA) is 38.7 Å². The van der Waals surface area contributed by atoms with Crippen molar-refractivity contribution >= 4 is 0 Å². The predicted octanol–water partition coefficient (Wildman–Crippen LogP) is 2.25. The number of rotatable bonds is 4. The van der Waals surface area contributed by atoms with Gasteiger partial charge in [-0.15, -0.1) is 0 Å². The van der Waals surface area contributed by atoms with Crippen LogP contribution in [0.5, 0.6) is 0 Å². The lowest BCUT2D eigenvalue weighted by Crippen LogP contribution is -2.48. The predicted molar refractivity (Wildman–Crippen MR) is 59.6 cm³/mol. The molecule has 1 aliphatic rings. The van der Waals surface area contributed by atoms with Crippen molar-refractivity contribution in [1.82, 2.24) is 0 Å². The number of ether oxygens (including phenoxy) is 2. The quantitative estimate of drug-likeness (QED) is 0.729. The summed E-state index contributed by atoms with van der Waals surface area (Å²) in [5, 5.41) is 10.0. The lowest BCUT2D eigenvalue weighted by atomic mass is 9.88. The molecule has 1 saturated heterocycles. The van der Waals surface area contributed by atoms with Gasteiger partial charge < -0.3 is 14.6 Å². The minimum atomic E-state index is -0.663. The molecule has 3 nitrogen and oxygen atoms in total. The Morgan fingerprint density at radius 2 is 2.27 bits per heavy atom. The summed E-state index contributed by atoms with van der Waals surface area (Å²) in [6.07, 6.45) is 7.05. The van der Waals surface area contributed by atoms with Crippen LogP contribution < -0.4 is 0 Å². The zero-order valence-electron chi connectivity index (χ0n) is 9.95. The van der Waals surface area contributed by atoms with Crippen molar-refractivity contribution in [2.75, 3.05) is 13.7 Å². The van der Waals surface area contributed by atoms with Gasteiger partial charge in [-0.3, -0.25) is 0 Å². The van der Waals surface area contributed by atoms with E-state index in [1.165, 1.54) is 0 Å². The summed E-state index contributed by atoms with van der Waals surface area (Å²) in [4.78, 5) is 0. The molecule has 0 unspecified atom stereocenters. The lowest BCUT2D eigenvalue weighted by molar-refractivity contribution is -0.278. The molecule has 0 saturated carbocycles. The van der Waals surface area contributed by atoms with Crippen molar-refractivity contribution in [3.8, 4) is 0 Å². The van der Waals surface area contributed by atoms with Gasteiger partial charge in [0, 0.05) is 20.0 Å². The van der Waals surface area contributed by atoms with E-state index in [2.05, 4.69) is 6.08 Å². The lowest BCUT2D eigenvalue weighted by Gasteiger charge is -2.42. The molecule has 1 heterocycles. The maximum atomic E-state index is 10.0. The van der Waals surface area contributed by atoms with Crippen LogP contribution in [0.2, 0.25) is 0 Å². The molecule has 0 radical (unpaired) electrons. The standard InChI is InChI=1S/C12H22O3/c1-4-5-6-7-12(14-3)10-11(2,13)8-9-15-12/h4-5,13H,6-10H2,1-3H3/b5-4+/t11-,12+/m0/s1. The van der Waals surface area contributed by atoms with Crippen molar-refractivity contribution in [2.45, 2.75) is 50.9 Å². The second-order valence-corrected chi connectivity index (χ2v) is 4.49. The first-order chi connectivity index (χ1) is 7.04. The summed E-state index contributed by atoms with van der Waals surface area (Å²) < 4.78 is 11.1. The van der Waals surface area contributed by atoms with Crippen LogP contribution in [0, 0.1) is 0 Å². The average Bonchev–Trinajstić information content (AvgIpc) is 2.17. The number of methoxy groups -OCH3 is 1. The fourth-order valence-corrected chi connectivity index (χ4v) is 2.04. The van der Waals surface area contributed by atoms with Crippen molar-refractivity contribution in [1.29, 1.82) is 0 Å². The van der Waals surface area contributed by atoms with E-state index in [0.717, 1.165) is 12.8 Å². The van der Waals surface area contributed by atoms with Gasteiger partial charge >= 0.3 is 0 Å². The van der Waals surface area contributed by atoms with Gasteiger partial charge in [0.05, 0.1) is 12.2 Å². The molecule has 1 N–H and O–H groups in total. The van der Waals surface area contributed by atoms with Crippen LogP contribution in [0.4, 0.5) is 0 Å². The SMILES string of the molecule is C/C=C/CC[C@]1(OC)C[C@@](C)(O)CCO1. The van der Waals surface area contributed by atoms with Crippen LogP contribution >= 0.6 is 0 Å². The van der Waals surface area contributed by atoms with E-state index in [1.807, 2.05) is 19.9 Å². The summed E-state index contributed by atoms with van der Waals surface area (Å²) >= 11 is 0. The molecule has 0 aromatic carbocycles. The summed E-state index contributed by atoms with van der Waals surface area (Å²) in [6, 6.07) is 0. The second kappa shape index (κ2) is 5.10. The van der Waals surface area contributed by atoms with E-state index in [1.54, 1.807) is 7.11 Å². The molecule has 1 fully saturated rings. The first-order valence-electron chi connectivity index (χ1n) is 5.56. The monoisotopic (exact) mass is 214 g/mol. The highest BCUT2D eigenvalue weighted by Crippen LogP contribution is 2.35. The van der Waals surface area contributed by atoms with Gasteiger partial charge in [0.25, 0.3) is 0 Å². The van der Waals surface area contributed by atoms with E-state index in [4.69, 9.17) is 9.47 Å². The van der Waals surface area contributed by atoms with Crippen LogP contribution in [-0.4, -0.2) is 30.2 Å². The normalized spacial score (nSPS) is 37.3.